The molecule has 0 unspecified atom stereocenters. The zero-order valence-corrected chi connectivity index (χ0v) is 14.9. The minimum atomic E-state index is -0.396. The summed E-state index contributed by atoms with van der Waals surface area (Å²) in [5.41, 5.74) is 2.65. The van der Waals surface area contributed by atoms with Gasteiger partial charge in [0.1, 0.15) is 11.5 Å². The van der Waals surface area contributed by atoms with Gasteiger partial charge in [0.15, 0.2) is 0 Å². The van der Waals surface area contributed by atoms with E-state index >= 15 is 0 Å². The predicted octanol–water partition coefficient (Wildman–Crippen LogP) is 3.79. The monoisotopic (exact) mass is 359 g/mol. The molecule has 1 amide bonds. The van der Waals surface area contributed by atoms with E-state index in [0.717, 1.165) is 11.4 Å². The van der Waals surface area contributed by atoms with Crippen LogP contribution >= 0.6 is 0 Å². The van der Waals surface area contributed by atoms with Crippen molar-refractivity contribution in [2.24, 2.45) is 0 Å². The highest BCUT2D eigenvalue weighted by Crippen LogP contribution is 2.23. The first kappa shape index (κ1) is 16.7. The molecule has 2 aromatic heterocycles. The number of benzene rings is 2. The summed E-state index contributed by atoms with van der Waals surface area (Å²) in [6, 6.07) is 16.7. The number of carbonyl (C=O) groups is 1. The quantitative estimate of drug-likeness (QED) is 0.600. The number of fused-ring (bicyclic) bond motifs is 1. The molecule has 0 aliphatic heterocycles. The molecule has 0 saturated carbocycles. The molecule has 2 aromatic carbocycles. The number of nitrogens with zero attached hydrogens (tertiary/aromatic N) is 4. The Balaban J connectivity index is 1.46. The van der Waals surface area contributed by atoms with Gasteiger partial charge >= 0.3 is 0 Å². The van der Waals surface area contributed by atoms with Gasteiger partial charge in [0.2, 0.25) is 5.82 Å². The summed E-state index contributed by atoms with van der Waals surface area (Å²) >= 11 is 0. The summed E-state index contributed by atoms with van der Waals surface area (Å²) in [6.07, 6.45) is 1.63. The molecule has 4 rings (SSSR count). The average Bonchev–Trinajstić information content (AvgIpc) is 3.11. The van der Waals surface area contributed by atoms with Gasteiger partial charge in [-0.1, -0.05) is 17.7 Å². The van der Waals surface area contributed by atoms with Crippen molar-refractivity contribution >= 4 is 17.4 Å². The largest absolute Gasteiger partial charge is 0.457 e. The minimum Gasteiger partial charge on any atom is -0.457 e. The maximum absolute atomic E-state index is 12.4. The first-order valence-corrected chi connectivity index (χ1v) is 8.43. The van der Waals surface area contributed by atoms with E-state index in [4.69, 9.17) is 4.74 Å². The van der Waals surface area contributed by atoms with Gasteiger partial charge in [-0.25, -0.2) is 9.50 Å². The van der Waals surface area contributed by atoms with Crippen molar-refractivity contribution in [1.82, 2.24) is 19.6 Å². The highest BCUT2D eigenvalue weighted by atomic mass is 16.5. The molecule has 0 aliphatic carbocycles. The number of amides is 1. The summed E-state index contributed by atoms with van der Waals surface area (Å²) in [4.78, 5) is 20.7. The molecule has 0 spiro atoms. The molecule has 1 N–H and O–H groups in total. The molecule has 0 atom stereocenters. The van der Waals surface area contributed by atoms with E-state index in [9.17, 15) is 4.79 Å². The van der Waals surface area contributed by atoms with Crippen LogP contribution in [0.4, 0.5) is 5.69 Å². The van der Waals surface area contributed by atoms with Crippen molar-refractivity contribution in [2.45, 2.75) is 13.8 Å². The summed E-state index contributed by atoms with van der Waals surface area (Å²) in [7, 11) is 0. The standard InChI is InChI=1S/C20H17N5O2/c1-13-3-7-16(8-4-13)27-17-9-5-15(6-10-17)22-19(26)18-23-20-21-12-11-14(2)25(20)24-18/h3-12H,1-2H3,(H,22,26). The summed E-state index contributed by atoms with van der Waals surface area (Å²) in [5, 5.41) is 6.97. The maximum Gasteiger partial charge on any atom is 0.295 e. The molecule has 134 valence electrons. The summed E-state index contributed by atoms with van der Waals surface area (Å²) in [6.45, 7) is 3.90. The Bertz CT molecular complexity index is 1100. The van der Waals surface area contributed by atoms with E-state index in [1.165, 1.54) is 10.1 Å². The lowest BCUT2D eigenvalue weighted by atomic mass is 10.2. The number of rotatable bonds is 4. The predicted molar refractivity (Wildman–Crippen MR) is 101 cm³/mol. The number of ether oxygens (including phenoxy) is 1. The third-order valence-electron chi connectivity index (χ3n) is 4.00. The third kappa shape index (κ3) is 3.62. The Morgan fingerprint density at radius 1 is 0.963 bits per heavy atom. The van der Waals surface area contributed by atoms with Crippen LogP contribution in [0.5, 0.6) is 11.5 Å². The smallest absolute Gasteiger partial charge is 0.295 e. The van der Waals surface area contributed by atoms with E-state index in [-0.39, 0.29) is 5.82 Å². The van der Waals surface area contributed by atoms with Crippen molar-refractivity contribution in [3.05, 3.63) is 77.9 Å². The maximum atomic E-state index is 12.4. The fourth-order valence-electron chi connectivity index (χ4n) is 2.54. The number of carbonyl (C=O) groups excluding carboxylic acids is 1. The zero-order valence-electron chi connectivity index (χ0n) is 14.9. The van der Waals surface area contributed by atoms with Crippen molar-refractivity contribution in [3.8, 4) is 11.5 Å². The van der Waals surface area contributed by atoms with Gasteiger partial charge in [0, 0.05) is 17.6 Å². The molecule has 7 nitrogen and oxygen atoms in total. The summed E-state index contributed by atoms with van der Waals surface area (Å²) in [5.74, 6) is 1.50. The van der Waals surface area contributed by atoms with Crippen molar-refractivity contribution in [2.75, 3.05) is 5.32 Å². The fraction of sp³-hybridized carbons (Fsp3) is 0.100. The van der Waals surface area contributed by atoms with Crippen LogP contribution in [0.3, 0.4) is 0 Å². The van der Waals surface area contributed by atoms with E-state index in [2.05, 4.69) is 20.4 Å². The Morgan fingerprint density at radius 2 is 1.63 bits per heavy atom. The molecular weight excluding hydrogens is 342 g/mol. The Labute approximate surface area is 155 Å². The second kappa shape index (κ2) is 6.87. The van der Waals surface area contributed by atoms with Crippen molar-refractivity contribution in [1.29, 1.82) is 0 Å². The van der Waals surface area contributed by atoms with E-state index in [1.54, 1.807) is 36.5 Å². The lowest BCUT2D eigenvalue weighted by molar-refractivity contribution is 0.101. The van der Waals surface area contributed by atoms with Gasteiger partial charge < -0.3 is 10.1 Å². The number of nitrogens with one attached hydrogen (secondary N) is 1. The van der Waals surface area contributed by atoms with E-state index in [0.29, 0.717) is 17.2 Å². The lowest BCUT2D eigenvalue weighted by Crippen LogP contribution is -2.14. The topological polar surface area (TPSA) is 81.4 Å². The van der Waals surface area contributed by atoms with Crippen LogP contribution < -0.4 is 10.1 Å². The van der Waals surface area contributed by atoms with Gasteiger partial charge in [-0.05, 0) is 56.3 Å². The van der Waals surface area contributed by atoms with Crippen LogP contribution in [-0.2, 0) is 0 Å². The number of hydrogen-bond acceptors (Lipinski definition) is 5. The summed E-state index contributed by atoms with van der Waals surface area (Å²) < 4.78 is 7.32. The van der Waals surface area contributed by atoms with Crippen LogP contribution in [0.2, 0.25) is 0 Å². The van der Waals surface area contributed by atoms with Gasteiger partial charge in [-0.3, -0.25) is 4.79 Å². The van der Waals surface area contributed by atoms with Crippen LogP contribution in [-0.4, -0.2) is 25.5 Å². The first-order chi connectivity index (χ1) is 13.1. The second-order valence-electron chi connectivity index (χ2n) is 6.13. The number of aromatic nitrogens is 4. The minimum absolute atomic E-state index is 0.0665. The van der Waals surface area contributed by atoms with Crippen LogP contribution in [0, 0.1) is 13.8 Å². The molecular formula is C20H17N5O2. The van der Waals surface area contributed by atoms with E-state index in [1.807, 2.05) is 38.1 Å². The van der Waals surface area contributed by atoms with E-state index < -0.39 is 5.91 Å². The lowest BCUT2D eigenvalue weighted by Gasteiger charge is -2.07. The van der Waals surface area contributed by atoms with Crippen molar-refractivity contribution in [3.63, 3.8) is 0 Å². The SMILES string of the molecule is Cc1ccc(Oc2ccc(NC(=O)c3nc4nccc(C)n4n3)cc2)cc1. The van der Waals surface area contributed by atoms with Gasteiger partial charge in [-0.2, -0.15) is 4.98 Å². The van der Waals surface area contributed by atoms with Crippen LogP contribution in [0.25, 0.3) is 5.78 Å². The third-order valence-corrected chi connectivity index (χ3v) is 4.00. The second-order valence-corrected chi connectivity index (χ2v) is 6.13. The molecule has 0 radical (unpaired) electrons. The van der Waals surface area contributed by atoms with Gasteiger partial charge in [-0.15, -0.1) is 5.10 Å². The molecule has 0 bridgehead atoms. The highest BCUT2D eigenvalue weighted by molar-refractivity contribution is 6.01. The normalized spacial score (nSPS) is 10.7. The number of hydrogen-bond donors (Lipinski definition) is 1. The molecule has 27 heavy (non-hydrogen) atoms. The molecule has 2 heterocycles. The number of anilines is 1. The molecule has 0 saturated heterocycles. The van der Waals surface area contributed by atoms with Gasteiger partial charge in [0.05, 0.1) is 0 Å². The average molecular weight is 359 g/mol. The molecule has 7 heteroatoms. The zero-order chi connectivity index (χ0) is 18.8. The Kier molecular flexibility index (Phi) is 4.25. The molecule has 0 aliphatic rings. The van der Waals surface area contributed by atoms with Crippen molar-refractivity contribution < 1.29 is 9.53 Å². The molecule has 0 fully saturated rings. The molecule has 4 aromatic rings. The highest BCUT2D eigenvalue weighted by Gasteiger charge is 2.14. The Morgan fingerprint density at radius 3 is 2.30 bits per heavy atom. The van der Waals surface area contributed by atoms with Crippen LogP contribution in [0.15, 0.2) is 60.8 Å². The van der Waals surface area contributed by atoms with Crippen LogP contribution in [0.1, 0.15) is 21.9 Å². The fourth-order valence-corrected chi connectivity index (χ4v) is 2.54. The number of aryl methyl sites for hydroxylation is 2. The first-order valence-electron chi connectivity index (χ1n) is 8.43. The van der Waals surface area contributed by atoms with Gasteiger partial charge in [0.25, 0.3) is 11.7 Å². The Hall–Kier alpha value is -3.74.